The summed E-state index contributed by atoms with van der Waals surface area (Å²) in [5.41, 5.74) is 4.13. The van der Waals surface area contributed by atoms with Crippen molar-refractivity contribution in [2.45, 2.75) is 27.7 Å². The standard InChI is InChI=1S/C21H20O4/c1-12-5-7-16(8-6-12)20-21(24-11-15(4)22)19(23)17-9-13(2)14(3)10-18(17)25-20/h5-10H,11H2,1-4H3. The van der Waals surface area contributed by atoms with Crippen LogP contribution in [0, 0.1) is 20.8 Å². The number of carbonyl (C=O) groups is 1. The van der Waals surface area contributed by atoms with Crippen LogP contribution < -0.4 is 10.2 Å². The van der Waals surface area contributed by atoms with Gasteiger partial charge >= 0.3 is 0 Å². The predicted molar refractivity (Wildman–Crippen MR) is 98.3 cm³/mol. The lowest BCUT2D eigenvalue weighted by Gasteiger charge is -2.12. The fourth-order valence-corrected chi connectivity index (χ4v) is 2.63. The highest BCUT2D eigenvalue weighted by molar-refractivity contribution is 5.84. The predicted octanol–water partition coefficient (Wildman–Crippen LogP) is 4.35. The molecule has 0 aliphatic carbocycles. The van der Waals surface area contributed by atoms with E-state index in [2.05, 4.69) is 0 Å². The lowest BCUT2D eigenvalue weighted by Crippen LogP contribution is -2.15. The van der Waals surface area contributed by atoms with E-state index in [0.717, 1.165) is 22.3 Å². The second-order valence-corrected chi connectivity index (χ2v) is 6.38. The van der Waals surface area contributed by atoms with Gasteiger partial charge in [0.15, 0.2) is 11.5 Å². The molecule has 3 rings (SSSR count). The van der Waals surface area contributed by atoms with Crippen LogP contribution in [0.25, 0.3) is 22.3 Å². The summed E-state index contributed by atoms with van der Waals surface area (Å²) >= 11 is 0. The average Bonchev–Trinajstić information content (AvgIpc) is 2.56. The van der Waals surface area contributed by atoms with Gasteiger partial charge in [0.25, 0.3) is 0 Å². The van der Waals surface area contributed by atoms with Crippen LogP contribution in [0.15, 0.2) is 45.6 Å². The molecule has 0 spiro atoms. The molecule has 3 aromatic rings. The van der Waals surface area contributed by atoms with Crippen LogP contribution >= 0.6 is 0 Å². The zero-order valence-corrected chi connectivity index (χ0v) is 14.8. The molecule has 0 amide bonds. The van der Waals surface area contributed by atoms with Crippen LogP contribution in [-0.4, -0.2) is 12.4 Å². The first-order valence-electron chi connectivity index (χ1n) is 8.14. The molecule has 0 aliphatic heterocycles. The van der Waals surface area contributed by atoms with Gasteiger partial charge < -0.3 is 9.15 Å². The van der Waals surface area contributed by atoms with E-state index in [1.165, 1.54) is 6.92 Å². The van der Waals surface area contributed by atoms with Crippen molar-refractivity contribution in [3.63, 3.8) is 0 Å². The molecule has 128 valence electrons. The highest BCUT2D eigenvalue weighted by Gasteiger charge is 2.19. The van der Waals surface area contributed by atoms with Crippen molar-refractivity contribution < 1.29 is 13.9 Å². The van der Waals surface area contributed by atoms with E-state index in [0.29, 0.717) is 16.7 Å². The van der Waals surface area contributed by atoms with Gasteiger partial charge in [-0.15, -0.1) is 0 Å². The molecule has 1 aromatic heterocycles. The topological polar surface area (TPSA) is 56.5 Å². The number of aryl methyl sites for hydroxylation is 3. The van der Waals surface area contributed by atoms with Gasteiger partial charge in [0.2, 0.25) is 11.2 Å². The number of ketones is 1. The summed E-state index contributed by atoms with van der Waals surface area (Å²) in [5.74, 6) is 0.270. The molecule has 0 unspecified atom stereocenters. The van der Waals surface area contributed by atoms with E-state index in [4.69, 9.17) is 9.15 Å². The Morgan fingerprint density at radius 1 is 1.04 bits per heavy atom. The molecule has 1 heterocycles. The van der Waals surface area contributed by atoms with E-state index >= 15 is 0 Å². The molecule has 2 aromatic carbocycles. The second kappa shape index (κ2) is 6.55. The van der Waals surface area contributed by atoms with Crippen molar-refractivity contribution in [1.82, 2.24) is 0 Å². The molecule has 0 bridgehead atoms. The highest BCUT2D eigenvalue weighted by Crippen LogP contribution is 2.32. The third-order valence-corrected chi connectivity index (χ3v) is 4.20. The minimum Gasteiger partial charge on any atom is -0.478 e. The number of ether oxygens (including phenoxy) is 1. The smallest absolute Gasteiger partial charge is 0.235 e. The molecule has 0 saturated carbocycles. The summed E-state index contributed by atoms with van der Waals surface area (Å²) in [4.78, 5) is 24.3. The van der Waals surface area contributed by atoms with Gasteiger partial charge in [0, 0.05) is 5.56 Å². The molecule has 25 heavy (non-hydrogen) atoms. The van der Waals surface area contributed by atoms with Crippen LogP contribution in [0.2, 0.25) is 0 Å². The van der Waals surface area contributed by atoms with Crippen LogP contribution in [0.1, 0.15) is 23.6 Å². The lowest BCUT2D eigenvalue weighted by atomic mass is 10.0. The van der Waals surface area contributed by atoms with E-state index in [1.807, 2.05) is 51.1 Å². The summed E-state index contributed by atoms with van der Waals surface area (Å²) in [5, 5.41) is 0.456. The number of hydrogen-bond donors (Lipinski definition) is 0. The Kier molecular flexibility index (Phi) is 4.45. The van der Waals surface area contributed by atoms with Crippen LogP contribution in [0.5, 0.6) is 5.75 Å². The van der Waals surface area contributed by atoms with Crippen molar-refractivity contribution >= 4 is 16.8 Å². The maximum absolute atomic E-state index is 13.0. The van der Waals surface area contributed by atoms with Crippen molar-refractivity contribution in [2.24, 2.45) is 0 Å². The number of carbonyl (C=O) groups excluding carboxylic acids is 1. The Morgan fingerprint density at radius 3 is 2.32 bits per heavy atom. The van der Waals surface area contributed by atoms with E-state index in [1.54, 1.807) is 6.07 Å². The summed E-state index contributed by atoms with van der Waals surface area (Å²) in [6.07, 6.45) is 0. The Labute approximate surface area is 146 Å². The monoisotopic (exact) mass is 336 g/mol. The molecule has 4 heteroatoms. The molecule has 0 fully saturated rings. The fraction of sp³-hybridized carbons (Fsp3) is 0.238. The summed E-state index contributed by atoms with van der Waals surface area (Å²) < 4.78 is 11.6. The lowest BCUT2D eigenvalue weighted by molar-refractivity contribution is -0.118. The number of hydrogen-bond acceptors (Lipinski definition) is 4. The Hall–Kier alpha value is -2.88. The molecule has 4 nitrogen and oxygen atoms in total. The normalized spacial score (nSPS) is 10.9. The van der Waals surface area contributed by atoms with E-state index in [-0.39, 0.29) is 23.6 Å². The first kappa shape index (κ1) is 17.0. The minimum atomic E-state index is -0.263. The molecule has 0 radical (unpaired) electrons. The van der Waals surface area contributed by atoms with Crippen LogP contribution in [0.3, 0.4) is 0 Å². The molecular formula is C21H20O4. The fourth-order valence-electron chi connectivity index (χ4n) is 2.63. The quantitative estimate of drug-likeness (QED) is 0.710. The van der Waals surface area contributed by atoms with Crippen molar-refractivity contribution in [1.29, 1.82) is 0 Å². The zero-order chi connectivity index (χ0) is 18.1. The average molecular weight is 336 g/mol. The maximum Gasteiger partial charge on any atom is 0.235 e. The molecular weight excluding hydrogens is 316 g/mol. The van der Waals surface area contributed by atoms with Gasteiger partial charge in [-0.05, 0) is 51.0 Å². The number of rotatable bonds is 4. The largest absolute Gasteiger partial charge is 0.478 e. The Balaban J connectivity index is 2.29. The number of benzene rings is 2. The van der Waals surface area contributed by atoms with Crippen molar-refractivity contribution in [2.75, 3.05) is 6.61 Å². The van der Waals surface area contributed by atoms with Crippen LogP contribution in [0.4, 0.5) is 0 Å². The summed E-state index contributed by atoms with van der Waals surface area (Å²) in [7, 11) is 0. The Morgan fingerprint density at radius 2 is 1.68 bits per heavy atom. The SMILES string of the molecule is CC(=O)COc1c(-c2ccc(C)cc2)oc2cc(C)c(C)cc2c1=O. The third-order valence-electron chi connectivity index (χ3n) is 4.20. The molecule has 0 N–H and O–H groups in total. The molecule has 0 atom stereocenters. The number of Topliss-reactive ketones (excluding diaryl/α,β-unsaturated/α-hetero) is 1. The van der Waals surface area contributed by atoms with Crippen molar-refractivity contribution in [3.05, 3.63) is 63.3 Å². The highest BCUT2D eigenvalue weighted by atomic mass is 16.5. The zero-order valence-electron chi connectivity index (χ0n) is 14.8. The van der Waals surface area contributed by atoms with E-state index < -0.39 is 0 Å². The summed E-state index contributed by atoms with van der Waals surface area (Å²) in [6, 6.07) is 11.3. The molecule has 0 aliphatic rings. The van der Waals surface area contributed by atoms with Gasteiger partial charge in [-0.2, -0.15) is 0 Å². The molecule has 0 saturated heterocycles. The minimum absolute atomic E-state index is 0.0785. The third kappa shape index (κ3) is 3.33. The Bertz CT molecular complexity index is 1010. The van der Waals surface area contributed by atoms with E-state index in [9.17, 15) is 9.59 Å². The maximum atomic E-state index is 13.0. The van der Waals surface area contributed by atoms with Gasteiger partial charge in [-0.3, -0.25) is 9.59 Å². The first-order valence-corrected chi connectivity index (χ1v) is 8.14. The second-order valence-electron chi connectivity index (χ2n) is 6.38. The van der Waals surface area contributed by atoms with Gasteiger partial charge in [-0.1, -0.05) is 29.8 Å². The number of fused-ring (bicyclic) bond motifs is 1. The first-order chi connectivity index (χ1) is 11.9. The van der Waals surface area contributed by atoms with Crippen molar-refractivity contribution in [3.8, 4) is 17.1 Å². The van der Waals surface area contributed by atoms with Crippen LogP contribution in [-0.2, 0) is 4.79 Å². The van der Waals surface area contributed by atoms with Gasteiger partial charge in [-0.25, -0.2) is 0 Å². The van der Waals surface area contributed by atoms with Gasteiger partial charge in [0.1, 0.15) is 12.2 Å². The van der Waals surface area contributed by atoms with Gasteiger partial charge in [0.05, 0.1) is 5.39 Å². The summed E-state index contributed by atoms with van der Waals surface area (Å²) in [6.45, 7) is 7.15.